The first-order valence-corrected chi connectivity index (χ1v) is 8.40. The van der Waals surface area contributed by atoms with E-state index in [0.29, 0.717) is 18.1 Å². The fourth-order valence-electron chi connectivity index (χ4n) is 3.29. The number of hydrogen-bond donors (Lipinski definition) is 1. The maximum atomic E-state index is 5.87. The molecule has 0 aromatic carbocycles. The molecule has 4 nitrogen and oxygen atoms in total. The van der Waals surface area contributed by atoms with E-state index in [2.05, 4.69) is 40.2 Å². The summed E-state index contributed by atoms with van der Waals surface area (Å²) in [7, 11) is 2.03. The van der Waals surface area contributed by atoms with E-state index in [1.165, 1.54) is 5.69 Å². The maximum Gasteiger partial charge on any atom is 0.0738 e. The highest BCUT2D eigenvalue weighted by atomic mass is 79.9. The van der Waals surface area contributed by atoms with Gasteiger partial charge in [0.05, 0.1) is 22.0 Å². The Morgan fingerprint density at radius 1 is 1.50 bits per heavy atom. The van der Waals surface area contributed by atoms with Crippen LogP contribution in [-0.4, -0.2) is 35.1 Å². The minimum absolute atomic E-state index is 0.396. The first kappa shape index (κ1) is 16.0. The molecular formula is C15H26BrN3O. The zero-order valence-electron chi connectivity index (χ0n) is 12.9. The SMILES string of the molecule is CCNC(Cc1c(Br)c(C)nn1C)C1CCOC1CC. The third-order valence-corrected chi connectivity index (χ3v) is 5.35. The van der Waals surface area contributed by atoms with Gasteiger partial charge in [0, 0.05) is 32.0 Å². The predicted molar refractivity (Wildman–Crippen MR) is 85.0 cm³/mol. The van der Waals surface area contributed by atoms with Crippen molar-refractivity contribution in [3.8, 4) is 0 Å². The van der Waals surface area contributed by atoms with Crippen molar-refractivity contribution >= 4 is 15.9 Å². The zero-order chi connectivity index (χ0) is 14.7. The number of ether oxygens (including phenoxy) is 1. The second-order valence-electron chi connectivity index (χ2n) is 5.61. The number of nitrogens with zero attached hydrogens (tertiary/aromatic N) is 2. The highest BCUT2D eigenvalue weighted by molar-refractivity contribution is 9.10. The molecule has 1 aliphatic heterocycles. The molecule has 3 atom stereocenters. The number of nitrogens with one attached hydrogen (secondary N) is 1. The van der Waals surface area contributed by atoms with Crippen LogP contribution in [0.2, 0.25) is 0 Å². The molecule has 0 aliphatic carbocycles. The highest BCUT2D eigenvalue weighted by Crippen LogP contribution is 2.30. The van der Waals surface area contributed by atoms with Gasteiger partial charge in [0.15, 0.2) is 0 Å². The number of aryl methyl sites for hydroxylation is 2. The summed E-state index contributed by atoms with van der Waals surface area (Å²) in [6.45, 7) is 8.33. The molecule has 0 radical (unpaired) electrons. The van der Waals surface area contributed by atoms with Gasteiger partial charge in [-0.2, -0.15) is 5.10 Å². The summed E-state index contributed by atoms with van der Waals surface area (Å²) in [4.78, 5) is 0. The van der Waals surface area contributed by atoms with Crippen LogP contribution < -0.4 is 5.32 Å². The van der Waals surface area contributed by atoms with Crippen molar-refractivity contribution in [1.29, 1.82) is 0 Å². The summed E-state index contributed by atoms with van der Waals surface area (Å²) < 4.78 is 9.02. The van der Waals surface area contributed by atoms with Crippen molar-refractivity contribution in [2.45, 2.75) is 52.2 Å². The van der Waals surface area contributed by atoms with Crippen molar-refractivity contribution in [2.24, 2.45) is 13.0 Å². The molecule has 1 saturated heterocycles. The van der Waals surface area contributed by atoms with E-state index in [1.54, 1.807) is 0 Å². The number of aromatic nitrogens is 2. The molecule has 1 aliphatic rings. The molecule has 1 aromatic heterocycles. The Labute approximate surface area is 130 Å². The second kappa shape index (κ2) is 7.05. The smallest absolute Gasteiger partial charge is 0.0738 e. The van der Waals surface area contributed by atoms with Gasteiger partial charge in [-0.25, -0.2) is 0 Å². The molecular weight excluding hydrogens is 318 g/mol. The molecule has 0 saturated carbocycles. The molecule has 0 bridgehead atoms. The molecule has 114 valence electrons. The molecule has 2 rings (SSSR count). The van der Waals surface area contributed by atoms with Crippen LogP contribution in [0.5, 0.6) is 0 Å². The van der Waals surface area contributed by atoms with Crippen molar-refractivity contribution in [3.05, 3.63) is 15.9 Å². The van der Waals surface area contributed by atoms with Gasteiger partial charge in [-0.3, -0.25) is 4.68 Å². The minimum Gasteiger partial charge on any atom is -0.378 e. The minimum atomic E-state index is 0.396. The van der Waals surface area contributed by atoms with Crippen molar-refractivity contribution in [3.63, 3.8) is 0 Å². The van der Waals surface area contributed by atoms with Crippen LogP contribution in [0.4, 0.5) is 0 Å². The molecule has 1 aromatic rings. The van der Waals surface area contributed by atoms with Gasteiger partial charge in [-0.15, -0.1) is 0 Å². The topological polar surface area (TPSA) is 39.1 Å². The van der Waals surface area contributed by atoms with E-state index in [9.17, 15) is 0 Å². The molecule has 1 N–H and O–H groups in total. The van der Waals surface area contributed by atoms with Crippen LogP contribution in [0, 0.1) is 12.8 Å². The first-order chi connectivity index (χ1) is 9.58. The monoisotopic (exact) mass is 343 g/mol. The molecule has 2 heterocycles. The quantitative estimate of drug-likeness (QED) is 0.863. The van der Waals surface area contributed by atoms with E-state index in [1.807, 2.05) is 18.7 Å². The lowest BCUT2D eigenvalue weighted by Crippen LogP contribution is -2.41. The third kappa shape index (κ3) is 3.26. The molecule has 3 unspecified atom stereocenters. The zero-order valence-corrected chi connectivity index (χ0v) is 14.5. The Morgan fingerprint density at radius 2 is 2.25 bits per heavy atom. The van der Waals surface area contributed by atoms with E-state index in [0.717, 1.165) is 42.6 Å². The Balaban J connectivity index is 2.16. The van der Waals surface area contributed by atoms with Gasteiger partial charge >= 0.3 is 0 Å². The molecule has 0 amide bonds. The summed E-state index contributed by atoms with van der Waals surface area (Å²) in [5, 5.41) is 8.16. The number of halogens is 1. The first-order valence-electron chi connectivity index (χ1n) is 7.61. The third-order valence-electron chi connectivity index (χ3n) is 4.32. The van der Waals surface area contributed by atoms with Crippen LogP contribution in [-0.2, 0) is 18.2 Å². The van der Waals surface area contributed by atoms with Gasteiger partial charge < -0.3 is 10.1 Å². The lowest BCUT2D eigenvalue weighted by atomic mass is 9.88. The molecule has 20 heavy (non-hydrogen) atoms. The standard InChI is InChI=1S/C15H26BrN3O/c1-5-14-11(7-8-20-14)12(17-6-2)9-13-15(16)10(3)18-19(13)4/h11-12,14,17H,5-9H2,1-4H3. The maximum absolute atomic E-state index is 5.87. The fourth-order valence-corrected chi connectivity index (χ4v) is 3.79. The highest BCUT2D eigenvalue weighted by Gasteiger charge is 2.34. The summed E-state index contributed by atoms with van der Waals surface area (Å²) in [5.74, 6) is 0.599. The largest absolute Gasteiger partial charge is 0.378 e. The van der Waals surface area contributed by atoms with Gasteiger partial charge in [0.2, 0.25) is 0 Å². The fraction of sp³-hybridized carbons (Fsp3) is 0.800. The van der Waals surface area contributed by atoms with Gasteiger partial charge in [-0.05, 0) is 42.2 Å². The lowest BCUT2D eigenvalue weighted by molar-refractivity contribution is 0.0774. The van der Waals surface area contributed by atoms with Crippen LogP contribution >= 0.6 is 15.9 Å². The Hall–Kier alpha value is -0.390. The van der Waals surface area contributed by atoms with Crippen molar-refractivity contribution < 1.29 is 4.74 Å². The Kier molecular flexibility index (Phi) is 5.64. The lowest BCUT2D eigenvalue weighted by Gasteiger charge is -2.28. The van der Waals surface area contributed by atoms with Gasteiger partial charge in [-0.1, -0.05) is 13.8 Å². The summed E-state index contributed by atoms with van der Waals surface area (Å²) in [6, 6.07) is 0.457. The van der Waals surface area contributed by atoms with Crippen molar-refractivity contribution in [2.75, 3.05) is 13.2 Å². The van der Waals surface area contributed by atoms with Crippen LogP contribution in [0.3, 0.4) is 0 Å². The average Bonchev–Trinajstić information content (AvgIpc) is 2.98. The number of likely N-dealkylation sites (N-methyl/N-ethyl adjacent to an activating group) is 1. The van der Waals surface area contributed by atoms with E-state index >= 15 is 0 Å². The molecule has 5 heteroatoms. The number of hydrogen-bond acceptors (Lipinski definition) is 3. The Bertz CT molecular complexity index is 447. The van der Waals surface area contributed by atoms with Gasteiger partial charge in [0.25, 0.3) is 0 Å². The van der Waals surface area contributed by atoms with E-state index < -0.39 is 0 Å². The second-order valence-corrected chi connectivity index (χ2v) is 6.40. The number of rotatable bonds is 6. The summed E-state index contributed by atoms with van der Waals surface area (Å²) in [6.07, 6.45) is 3.64. The van der Waals surface area contributed by atoms with Crippen LogP contribution in [0.15, 0.2) is 4.47 Å². The normalized spacial score (nSPS) is 24.2. The van der Waals surface area contributed by atoms with E-state index in [-0.39, 0.29) is 0 Å². The molecule has 0 spiro atoms. The average molecular weight is 344 g/mol. The summed E-state index contributed by atoms with van der Waals surface area (Å²) >= 11 is 3.68. The van der Waals surface area contributed by atoms with E-state index in [4.69, 9.17) is 4.74 Å². The van der Waals surface area contributed by atoms with Gasteiger partial charge in [0.1, 0.15) is 0 Å². The van der Waals surface area contributed by atoms with Crippen LogP contribution in [0.1, 0.15) is 38.1 Å². The summed E-state index contributed by atoms with van der Waals surface area (Å²) in [5.41, 5.74) is 2.34. The molecule has 1 fully saturated rings. The van der Waals surface area contributed by atoms with Crippen LogP contribution in [0.25, 0.3) is 0 Å². The van der Waals surface area contributed by atoms with Crippen molar-refractivity contribution in [1.82, 2.24) is 15.1 Å². The predicted octanol–water partition coefficient (Wildman–Crippen LogP) is 2.83. The Morgan fingerprint density at radius 3 is 2.80 bits per heavy atom.